The van der Waals surface area contributed by atoms with Crippen molar-refractivity contribution in [2.45, 2.75) is 116 Å². The lowest BCUT2D eigenvalue weighted by molar-refractivity contribution is -0.239. The smallest absolute Gasteiger partial charge is 0.330 e. The summed E-state index contributed by atoms with van der Waals surface area (Å²) in [5.41, 5.74) is -3.66. The second kappa shape index (κ2) is 7.39. The van der Waals surface area contributed by atoms with E-state index in [2.05, 4.69) is 13.8 Å². The van der Waals surface area contributed by atoms with E-state index in [0.29, 0.717) is 25.7 Å². The van der Waals surface area contributed by atoms with E-state index < -0.39 is 40.3 Å². The molecule has 12 unspecified atom stereocenters. The molecule has 5 fully saturated rings. The van der Waals surface area contributed by atoms with Gasteiger partial charge in [0.2, 0.25) is 0 Å². The number of hydrogen-bond acceptors (Lipinski definition) is 7. The standard InChI is InChI=1S/C30H44O7/c1-16-7-8-21(36-24(16)34)28(6,35)18-9-11-26(4)19-13-17(31)23-25(2,3)37-22(33)10-12-29(23)15-30(19,29)14-20(32)27(18,26)5/h10,12,16-21,23,31-32,35H,7-9,11,13-15H2,1-6H3. The third-order valence-electron chi connectivity index (χ3n) is 12.9. The molecule has 1 saturated heterocycles. The van der Waals surface area contributed by atoms with Crippen LogP contribution in [0.4, 0.5) is 0 Å². The molecule has 7 heteroatoms. The fourth-order valence-electron chi connectivity index (χ4n) is 11.1. The first-order chi connectivity index (χ1) is 17.1. The summed E-state index contributed by atoms with van der Waals surface area (Å²) in [6, 6.07) is 0. The van der Waals surface area contributed by atoms with Crippen molar-refractivity contribution in [3.63, 3.8) is 0 Å². The average Bonchev–Trinajstić information content (AvgIpc) is 3.36. The highest BCUT2D eigenvalue weighted by atomic mass is 16.6. The van der Waals surface area contributed by atoms with Crippen LogP contribution in [0.15, 0.2) is 12.2 Å². The van der Waals surface area contributed by atoms with Crippen LogP contribution in [-0.2, 0) is 19.1 Å². The maximum Gasteiger partial charge on any atom is 0.330 e. The summed E-state index contributed by atoms with van der Waals surface area (Å²) < 4.78 is 11.6. The van der Waals surface area contributed by atoms with Gasteiger partial charge in [0.05, 0.1) is 18.1 Å². The number of hydrogen-bond donors (Lipinski definition) is 3. The predicted octanol–water partition coefficient (Wildman–Crippen LogP) is 3.53. The van der Waals surface area contributed by atoms with Crippen molar-refractivity contribution >= 4 is 11.9 Å². The van der Waals surface area contributed by atoms with E-state index in [0.717, 1.165) is 19.3 Å². The zero-order chi connectivity index (χ0) is 27.0. The Hall–Kier alpha value is -1.44. The Morgan fingerprint density at radius 1 is 1.08 bits per heavy atom. The molecule has 0 aromatic heterocycles. The molecular weight excluding hydrogens is 472 g/mol. The second-order valence-electron chi connectivity index (χ2n) is 14.7. The number of carbonyl (C=O) groups excluding carboxylic acids is 2. The molecular formula is C30H44O7. The molecule has 12 atom stereocenters. The Balaban J connectivity index is 1.39. The quantitative estimate of drug-likeness (QED) is 0.481. The molecule has 0 aromatic rings. The van der Waals surface area contributed by atoms with Crippen molar-refractivity contribution in [3.05, 3.63) is 12.2 Å². The highest BCUT2D eigenvalue weighted by Gasteiger charge is 2.85. The highest BCUT2D eigenvalue weighted by molar-refractivity contribution is 5.83. The third kappa shape index (κ3) is 2.94. The number of carbonyl (C=O) groups is 2. The van der Waals surface area contributed by atoms with Gasteiger partial charge in [-0.25, -0.2) is 4.79 Å². The Morgan fingerprint density at radius 2 is 1.78 bits per heavy atom. The van der Waals surface area contributed by atoms with E-state index in [9.17, 15) is 24.9 Å². The lowest BCUT2D eigenvalue weighted by atomic mass is 9.42. The largest absolute Gasteiger partial charge is 0.459 e. The molecule has 0 radical (unpaired) electrons. The van der Waals surface area contributed by atoms with Crippen molar-refractivity contribution in [1.82, 2.24) is 0 Å². The number of fused-ring (bicyclic) bond motifs is 2. The average molecular weight is 517 g/mol. The fourth-order valence-corrected chi connectivity index (χ4v) is 11.1. The number of esters is 2. The normalized spacial score (nSPS) is 55.4. The SMILES string of the molecule is CC1CCC(C(C)(O)C2CCC3(C)C4CC(O)C5C(C)(C)OC(=O)C=CC56CC46CC(O)C23C)OC1=O. The Morgan fingerprint density at radius 3 is 2.46 bits per heavy atom. The van der Waals surface area contributed by atoms with E-state index >= 15 is 0 Å². The van der Waals surface area contributed by atoms with Crippen molar-refractivity contribution in [3.8, 4) is 0 Å². The summed E-state index contributed by atoms with van der Waals surface area (Å²) in [6.45, 7) is 11.8. The summed E-state index contributed by atoms with van der Waals surface area (Å²) in [5, 5.41) is 35.7. The lowest BCUT2D eigenvalue weighted by Crippen LogP contribution is -2.66. The molecule has 0 bridgehead atoms. The first-order valence-corrected chi connectivity index (χ1v) is 14.3. The third-order valence-corrected chi connectivity index (χ3v) is 12.9. The lowest BCUT2D eigenvalue weighted by Gasteiger charge is -2.64. The molecule has 206 valence electrons. The Kier molecular flexibility index (Phi) is 5.16. The van der Waals surface area contributed by atoms with Gasteiger partial charge in [0.25, 0.3) is 0 Å². The molecule has 7 nitrogen and oxygen atoms in total. The molecule has 3 N–H and O–H groups in total. The second-order valence-corrected chi connectivity index (χ2v) is 14.7. The summed E-state index contributed by atoms with van der Waals surface area (Å²) in [7, 11) is 0. The van der Waals surface area contributed by atoms with Crippen LogP contribution in [0, 0.1) is 45.3 Å². The van der Waals surface area contributed by atoms with Crippen molar-refractivity contribution < 1.29 is 34.4 Å². The van der Waals surface area contributed by atoms with Crippen LogP contribution in [-0.4, -0.2) is 56.8 Å². The summed E-state index contributed by atoms with van der Waals surface area (Å²) in [4.78, 5) is 24.9. The van der Waals surface area contributed by atoms with Gasteiger partial charge in [-0.2, -0.15) is 0 Å². The zero-order valence-corrected chi connectivity index (χ0v) is 23.1. The molecule has 37 heavy (non-hydrogen) atoms. The van der Waals surface area contributed by atoms with Crippen molar-refractivity contribution in [1.29, 1.82) is 0 Å². The Labute approximate surface area is 220 Å². The number of cyclic esters (lactones) is 2. The van der Waals surface area contributed by atoms with Crippen molar-refractivity contribution in [2.75, 3.05) is 0 Å². The molecule has 2 spiro atoms. The summed E-state index contributed by atoms with van der Waals surface area (Å²) in [6.07, 6.45) is 6.46. The van der Waals surface area contributed by atoms with Crippen LogP contribution in [0.25, 0.3) is 0 Å². The van der Waals surface area contributed by atoms with Gasteiger partial charge in [-0.3, -0.25) is 4.79 Å². The van der Waals surface area contributed by atoms with Gasteiger partial charge in [-0.1, -0.05) is 26.8 Å². The van der Waals surface area contributed by atoms with Gasteiger partial charge in [0, 0.05) is 22.8 Å². The van der Waals surface area contributed by atoms with Crippen LogP contribution < -0.4 is 0 Å². The number of aliphatic hydroxyl groups excluding tert-OH is 2. The van der Waals surface area contributed by atoms with E-state index in [1.807, 2.05) is 26.8 Å². The van der Waals surface area contributed by atoms with Crippen LogP contribution in [0.2, 0.25) is 0 Å². The van der Waals surface area contributed by atoms with Crippen LogP contribution in [0.5, 0.6) is 0 Å². The first-order valence-electron chi connectivity index (χ1n) is 14.3. The van der Waals surface area contributed by atoms with Crippen LogP contribution in [0.3, 0.4) is 0 Å². The van der Waals surface area contributed by atoms with Crippen LogP contribution >= 0.6 is 0 Å². The van der Waals surface area contributed by atoms with E-state index in [1.165, 1.54) is 6.08 Å². The molecule has 2 heterocycles. The van der Waals surface area contributed by atoms with Gasteiger partial charge < -0.3 is 24.8 Å². The topological polar surface area (TPSA) is 113 Å². The minimum atomic E-state index is -1.27. The number of rotatable bonds is 2. The summed E-state index contributed by atoms with van der Waals surface area (Å²) >= 11 is 0. The zero-order valence-electron chi connectivity index (χ0n) is 23.1. The van der Waals surface area contributed by atoms with Gasteiger partial charge in [-0.15, -0.1) is 0 Å². The maximum absolute atomic E-state index is 12.5. The molecule has 0 amide bonds. The van der Waals surface area contributed by atoms with Gasteiger partial charge in [0.1, 0.15) is 17.3 Å². The number of ether oxygens (including phenoxy) is 2. The van der Waals surface area contributed by atoms with E-state index in [4.69, 9.17) is 9.47 Å². The molecule has 6 rings (SSSR count). The molecule has 4 saturated carbocycles. The van der Waals surface area contributed by atoms with Crippen molar-refractivity contribution in [2.24, 2.45) is 45.3 Å². The molecule has 0 aromatic carbocycles. The predicted molar refractivity (Wildman–Crippen MR) is 135 cm³/mol. The molecule has 6 aliphatic rings. The summed E-state index contributed by atoms with van der Waals surface area (Å²) in [5.74, 6) is -1.15. The fraction of sp³-hybridized carbons (Fsp3) is 0.867. The first kappa shape index (κ1) is 25.8. The van der Waals surface area contributed by atoms with E-state index in [1.54, 1.807) is 6.92 Å². The molecule has 2 aliphatic heterocycles. The highest BCUT2D eigenvalue weighted by Crippen LogP contribution is 2.87. The number of allylic oxidation sites excluding steroid dienone is 1. The van der Waals surface area contributed by atoms with Gasteiger partial charge in [-0.05, 0) is 88.4 Å². The maximum atomic E-state index is 12.5. The monoisotopic (exact) mass is 516 g/mol. The van der Waals surface area contributed by atoms with Gasteiger partial charge in [0.15, 0.2) is 0 Å². The Bertz CT molecular complexity index is 1060. The van der Waals surface area contributed by atoms with E-state index in [-0.39, 0.29) is 46.4 Å². The number of aliphatic hydroxyl groups is 3. The molecule has 4 aliphatic carbocycles. The minimum absolute atomic E-state index is 0.128. The van der Waals surface area contributed by atoms with Crippen LogP contribution in [0.1, 0.15) is 86.5 Å². The van der Waals surface area contributed by atoms with Gasteiger partial charge >= 0.3 is 11.9 Å². The minimum Gasteiger partial charge on any atom is -0.459 e.